The van der Waals surface area contributed by atoms with Crippen LogP contribution in [0.5, 0.6) is 0 Å². The zero-order valence-electron chi connectivity index (χ0n) is 10.3. The van der Waals surface area contributed by atoms with E-state index in [1.807, 2.05) is 0 Å². The molecule has 0 aliphatic heterocycles. The van der Waals surface area contributed by atoms with Crippen LogP contribution in [0.4, 0.5) is 4.79 Å². The number of carboxylic acids is 1. The molecule has 0 bridgehead atoms. The van der Waals surface area contributed by atoms with Crippen LogP contribution in [-0.2, 0) is 14.3 Å². The minimum Gasteiger partial charge on any atom is -0.481 e. The van der Waals surface area contributed by atoms with Crippen LogP contribution >= 0.6 is 0 Å². The van der Waals surface area contributed by atoms with Crippen LogP contribution in [0.1, 0.15) is 13.3 Å². The molecule has 0 radical (unpaired) electrons. The highest BCUT2D eigenvalue weighted by atomic mass is 16.5. The number of carboxylic acid groups (broad SMARTS) is 1. The minimum absolute atomic E-state index is 0.103. The molecular formula is C10H18N2O5. The van der Waals surface area contributed by atoms with Crippen molar-refractivity contribution in [1.29, 1.82) is 0 Å². The highest BCUT2D eigenvalue weighted by Crippen LogP contribution is 1.99. The monoisotopic (exact) mass is 246 g/mol. The predicted molar refractivity (Wildman–Crippen MR) is 59.5 cm³/mol. The fourth-order valence-corrected chi connectivity index (χ4v) is 1.14. The summed E-state index contributed by atoms with van der Waals surface area (Å²) < 4.78 is 4.47. The van der Waals surface area contributed by atoms with Crippen LogP contribution in [0.3, 0.4) is 0 Å². The van der Waals surface area contributed by atoms with Crippen molar-refractivity contribution in [3.05, 3.63) is 0 Å². The summed E-state index contributed by atoms with van der Waals surface area (Å²) in [6.07, 6.45) is -0.127. The first-order valence-corrected chi connectivity index (χ1v) is 5.21. The zero-order chi connectivity index (χ0) is 13.4. The first-order chi connectivity index (χ1) is 7.92. The van der Waals surface area contributed by atoms with Crippen molar-refractivity contribution in [2.75, 3.05) is 33.8 Å². The third-order valence-electron chi connectivity index (χ3n) is 2.19. The normalized spacial score (nSPS) is 9.59. The molecule has 0 saturated heterocycles. The maximum absolute atomic E-state index is 11.8. The Hall–Kier alpha value is -1.79. The molecule has 0 aromatic rings. The van der Waals surface area contributed by atoms with Gasteiger partial charge in [-0.25, -0.2) is 4.79 Å². The number of carbonyl (C=O) groups excluding carboxylic acids is 2. The lowest BCUT2D eigenvalue weighted by Gasteiger charge is -2.25. The van der Waals surface area contributed by atoms with Gasteiger partial charge in [-0.3, -0.25) is 9.59 Å². The molecule has 0 aromatic carbocycles. The summed E-state index contributed by atoms with van der Waals surface area (Å²) in [6.45, 7) is 2.05. The van der Waals surface area contributed by atoms with Crippen LogP contribution in [0.15, 0.2) is 0 Å². The number of methoxy groups -OCH3 is 1. The van der Waals surface area contributed by atoms with Gasteiger partial charge in [0.25, 0.3) is 0 Å². The van der Waals surface area contributed by atoms with E-state index in [-0.39, 0.29) is 25.5 Å². The summed E-state index contributed by atoms with van der Waals surface area (Å²) in [5, 5.41) is 8.50. The maximum Gasteiger partial charge on any atom is 0.325 e. The average molecular weight is 246 g/mol. The number of nitrogens with zero attached hydrogens (tertiary/aromatic N) is 2. The predicted octanol–water partition coefficient (Wildman–Crippen LogP) is 0.00780. The molecule has 0 aliphatic rings. The van der Waals surface area contributed by atoms with Gasteiger partial charge in [-0.1, -0.05) is 0 Å². The van der Waals surface area contributed by atoms with Gasteiger partial charge < -0.3 is 19.6 Å². The number of urea groups is 1. The fraction of sp³-hybridized carbons (Fsp3) is 0.700. The lowest BCUT2D eigenvalue weighted by molar-refractivity contribution is -0.141. The van der Waals surface area contributed by atoms with Crippen LogP contribution in [0.2, 0.25) is 0 Å². The van der Waals surface area contributed by atoms with Gasteiger partial charge in [0.2, 0.25) is 0 Å². The molecule has 0 aromatic heterocycles. The fourth-order valence-electron chi connectivity index (χ4n) is 1.14. The van der Waals surface area contributed by atoms with E-state index in [2.05, 4.69) is 4.74 Å². The van der Waals surface area contributed by atoms with Crippen molar-refractivity contribution < 1.29 is 24.2 Å². The zero-order valence-corrected chi connectivity index (χ0v) is 10.3. The van der Waals surface area contributed by atoms with E-state index < -0.39 is 11.9 Å². The molecule has 2 amide bonds. The highest BCUT2D eigenvalue weighted by molar-refractivity contribution is 5.81. The number of ether oxygens (including phenoxy) is 1. The lowest BCUT2D eigenvalue weighted by atomic mass is 10.4. The molecule has 0 unspecified atom stereocenters. The summed E-state index contributed by atoms with van der Waals surface area (Å²) in [6, 6.07) is -0.390. The van der Waals surface area contributed by atoms with Gasteiger partial charge in [-0.15, -0.1) is 0 Å². The summed E-state index contributed by atoms with van der Waals surface area (Å²) in [5.74, 6) is -1.48. The van der Waals surface area contributed by atoms with Gasteiger partial charge in [-0.2, -0.15) is 0 Å². The average Bonchev–Trinajstić information content (AvgIpc) is 2.31. The summed E-state index contributed by atoms with van der Waals surface area (Å²) in [4.78, 5) is 35.7. The molecule has 0 fully saturated rings. The standard InChI is InChI=1S/C10H18N2O5/c1-4-12(7-9(15)17-3)10(16)11(2)6-5-8(13)14/h4-7H2,1-3H3,(H,13,14). The van der Waals surface area contributed by atoms with E-state index in [1.165, 1.54) is 24.0 Å². The summed E-state index contributed by atoms with van der Waals surface area (Å²) >= 11 is 0. The molecule has 0 aliphatic carbocycles. The number of aliphatic carboxylic acids is 1. The quantitative estimate of drug-likeness (QED) is 0.667. The first kappa shape index (κ1) is 15.2. The SMILES string of the molecule is CCN(CC(=O)OC)C(=O)N(C)CCC(=O)O. The Bertz CT molecular complexity index is 292. The van der Waals surface area contributed by atoms with Crippen molar-refractivity contribution in [1.82, 2.24) is 9.80 Å². The molecule has 0 rings (SSSR count). The van der Waals surface area contributed by atoms with Crippen molar-refractivity contribution in [3.63, 3.8) is 0 Å². The van der Waals surface area contributed by atoms with Gasteiger partial charge in [0.05, 0.1) is 13.5 Å². The molecule has 98 valence electrons. The second-order valence-electron chi connectivity index (χ2n) is 3.44. The Morgan fingerprint density at radius 1 is 1.29 bits per heavy atom. The summed E-state index contributed by atoms with van der Waals surface area (Å²) in [7, 11) is 2.74. The second-order valence-corrected chi connectivity index (χ2v) is 3.44. The van der Waals surface area contributed by atoms with E-state index in [0.29, 0.717) is 6.54 Å². The van der Waals surface area contributed by atoms with Crippen LogP contribution in [0, 0.1) is 0 Å². The van der Waals surface area contributed by atoms with E-state index in [4.69, 9.17) is 5.11 Å². The smallest absolute Gasteiger partial charge is 0.325 e. The third-order valence-corrected chi connectivity index (χ3v) is 2.19. The van der Waals surface area contributed by atoms with Gasteiger partial charge >= 0.3 is 18.0 Å². The van der Waals surface area contributed by atoms with Crippen LogP contribution in [0.25, 0.3) is 0 Å². The van der Waals surface area contributed by atoms with Crippen molar-refractivity contribution in [3.8, 4) is 0 Å². The van der Waals surface area contributed by atoms with E-state index in [1.54, 1.807) is 6.92 Å². The van der Waals surface area contributed by atoms with Crippen molar-refractivity contribution >= 4 is 18.0 Å². The van der Waals surface area contributed by atoms with Crippen LogP contribution < -0.4 is 0 Å². The van der Waals surface area contributed by atoms with E-state index in [0.717, 1.165) is 0 Å². The lowest BCUT2D eigenvalue weighted by Crippen LogP contribution is -2.44. The molecule has 0 spiro atoms. The number of rotatable bonds is 6. The Labute approximate surface area is 99.9 Å². The number of carbonyl (C=O) groups is 3. The topological polar surface area (TPSA) is 87.2 Å². The molecule has 7 nitrogen and oxygen atoms in total. The Balaban J connectivity index is 4.31. The summed E-state index contributed by atoms with van der Waals surface area (Å²) in [5.41, 5.74) is 0. The van der Waals surface area contributed by atoms with Gasteiger partial charge in [0.1, 0.15) is 6.54 Å². The Kier molecular flexibility index (Phi) is 6.69. The van der Waals surface area contributed by atoms with E-state index in [9.17, 15) is 14.4 Å². The largest absolute Gasteiger partial charge is 0.481 e. The van der Waals surface area contributed by atoms with Gasteiger partial charge in [0, 0.05) is 20.1 Å². The van der Waals surface area contributed by atoms with Crippen LogP contribution in [-0.4, -0.2) is 66.7 Å². The van der Waals surface area contributed by atoms with Gasteiger partial charge in [-0.05, 0) is 6.92 Å². The molecule has 7 heteroatoms. The van der Waals surface area contributed by atoms with Crippen molar-refractivity contribution in [2.45, 2.75) is 13.3 Å². The molecular weight excluding hydrogens is 228 g/mol. The maximum atomic E-state index is 11.8. The van der Waals surface area contributed by atoms with Gasteiger partial charge in [0.15, 0.2) is 0 Å². The Morgan fingerprint density at radius 2 is 1.88 bits per heavy atom. The molecule has 0 saturated carbocycles. The Morgan fingerprint density at radius 3 is 2.29 bits per heavy atom. The van der Waals surface area contributed by atoms with E-state index >= 15 is 0 Å². The number of esters is 1. The number of hydrogen-bond acceptors (Lipinski definition) is 4. The molecule has 0 heterocycles. The third kappa shape index (κ3) is 5.74. The minimum atomic E-state index is -0.972. The molecule has 0 atom stereocenters. The highest BCUT2D eigenvalue weighted by Gasteiger charge is 2.19. The first-order valence-electron chi connectivity index (χ1n) is 5.21. The second kappa shape index (κ2) is 7.48. The molecule has 17 heavy (non-hydrogen) atoms. The van der Waals surface area contributed by atoms with Crippen molar-refractivity contribution in [2.24, 2.45) is 0 Å². The molecule has 1 N–H and O–H groups in total. The number of amides is 2. The number of likely N-dealkylation sites (N-methyl/N-ethyl adjacent to an activating group) is 1. The number of hydrogen-bond donors (Lipinski definition) is 1.